The molecule has 4 heteroatoms. The third-order valence-corrected chi connectivity index (χ3v) is 3.94. The Balaban J connectivity index is 1.71. The normalized spacial score (nSPS) is 18.2. The van der Waals surface area contributed by atoms with Crippen LogP contribution in [0.1, 0.15) is 12.0 Å². The second kappa shape index (κ2) is 5.56. The van der Waals surface area contributed by atoms with Crippen LogP contribution >= 0.6 is 0 Å². The van der Waals surface area contributed by atoms with Crippen LogP contribution in [0.3, 0.4) is 0 Å². The lowest BCUT2D eigenvalue weighted by molar-refractivity contribution is -0.126. The second-order valence-electron chi connectivity index (χ2n) is 5.56. The number of carbonyl (C=O) groups is 2. The number of benzene rings is 2. The van der Waals surface area contributed by atoms with Crippen molar-refractivity contribution in [2.75, 3.05) is 13.6 Å². The van der Waals surface area contributed by atoms with Gasteiger partial charge in [0.2, 0.25) is 11.8 Å². The first kappa shape index (κ1) is 13.6. The number of carbonyl (C=O) groups excluding carboxylic acids is 2. The minimum atomic E-state index is -0.0648. The molecule has 4 nitrogen and oxygen atoms in total. The van der Waals surface area contributed by atoms with Crippen LogP contribution in [0, 0.1) is 0 Å². The monoisotopic (exact) mass is 282 g/mol. The zero-order valence-electron chi connectivity index (χ0n) is 12.0. The first-order chi connectivity index (χ1) is 10.1. The Labute approximate surface area is 123 Å². The largest absolute Gasteiger partial charge is 0.351 e. The summed E-state index contributed by atoms with van der Waals surface area (Å²) in [5, 5.41) is 5.20. The molecule has 21 heavy (non-hydrogen) atoms. The molecule has 0 bridgehead atoms. The third kappa shape index (κ3) is 2.89. The SMILES string of the molecule is CN1C[C@H](NC(=O)Cc2cccc3ccccc23)CC1=O. The Bertz CT molecular complexity index is 691. The van der Waals surface area contributed by atoms with Crippen molar-refractivity contribution in [1.29, 1.82) is 0 Å². The van der Waals surface area contributed by atoms with Gasteiger partial charge in [-0.05, 0) is 16.3 Å². The van der Waals surface area contributed by atoms with Crippen LogP contribution in [0.2, 0.25) is 0 Å². The summed E-state index contributed by atoms with van der Waals surface area (Å²) in [4.78, 5) is 25.3. The average Bonchev–Trinajstić information content (AvgIpc) is 2.77. The number of rotatable bonds is 3. The van der Waals surface area contributed by atoms with Crippen molar-refractivity contribution in [1.82, 2.24) is 10.2 Å². The zero-order chi connectivity index (χ0) is 14.8. The van der Waals surface area contributed by atoms with Crippen molar-refractivity contribution in [2.24, 2.45) is 0 Å². The van der Waals surface area contributed by atoms with Gasteiger partial charge in [0, 0.05) is 20.0 Å². The summed E-state index contributed by atoms with van der Waals surface area (Å²) in [7, 11) is 1.76. The number of hydrogen-bond donors (Lipinski definition) is 1. The van der Waals surface area contributed by atoms with E-state index in [0.717, 1.165) is 16.3 Å². The Morgan fingerprint density at radius 3 is 2.76 bits per heavy atom. The van der Waals surface area contributed by atoms with Crippen molar-refractivity contribution in [3.8, 4) is 0 Å². The van der Waals surface area contributed by atoms with Crippen LogP contribution in [0.5, 0.6) is 0 Å². The van der Waals surface area contributed by atoms with Crippen molar-refractivity contribution >= 4 is 22.6 Å². The van der Waals surface area contributed by atoms with Crippen LogP contribution in [0.4, 0.5) is 0 Å². The smallest absolute Gasteiger partial charge is 0.224 e. The van der Waals surface area contributed by atoms with E-state index in [1.54, 1.807) is 11.9 Å². The molecular formula is C17H18N2O2. The van der Waals surface area contributed by atoms with E-state index in [-0.39, 0.29) is 17.9 Å². The molecule has 108 valence electrons. The first-order valence-electron chi connectivity index (χ1n) is 7.13. The van der Waals surface area contributed by atoms with Gasteiger partial charge >= 0.3 is 0 Å². The van der Waals surface area contributed by atoms with E-state index in [1.807, 2.05) is 42.5 Å². The van der Waals surface area contributed by atoms with Crippen molar-refractivity contribution in [3.63, 3.8) is 0 Å². The molecule has 0 radical (unpaired) electrons. The molecule has 3 rings (SSSR count). The molecule has 1 saturated heterocycles. The number of amides is 2. The highest BCUT2D eigenvalue weighted by Crippen LogP contribution is 2.19. The van der Waals surface area contributed by atoms with Gasteiger partial charge in [-0.1, -0.05) is 42.5 Å². The predicted molar refractivity (Wildman–Crippen MR) is 81.8 cm³/mol. The summed E-state index contributed by atoms with van der Waals surface area (Å²) in [5.41, 5.74) is 1.02. The fraction of sp³-hybridized carbons (Fsp3) is 0.294. The Morgan fingerprint density at radius 2 is 2.00 bits per heavy atom. The van der Waals surface area contributed by atoms with E-state index in [9.17, 15) is 9.59 Å². The van der Waals surface area contributed by atoms with Gasteiger partial charge in [0.25, 0.3) is 0 Å². The van der Waals surface area contributed by atoms with E-state index < -0.39 is 0 Å². The topological polar surface area (TPSA) is 49.4 Å². The van der Waals surface area contributed by atoms with Gasteiger partial charge in [-0.3, -0.25) is 9.59 Å². The standard InChI is InChI=1S/C17H18N2O2/c1-19-11-14(10-17(19)21)18-16(20)9-13-7-4-6-12-5-2-3-8-15(12)13/h2-8,14H,9-11H2,1H3,(H,18,20)/t14-/m1/s1. The van der Waals surface area contributed by atoms with Crippen LogP contribution in [0.25, 0.3) is 10.8 Å². The molecule has 1 N–H and O–H groups in total. The Kier molecular flexibility index (Phi) is 3.60. The molecule has 1 heterocycles. The predicted octanol–water partition coefficient (Wildman–Crippen LogP) is 1.73. The maximum Gasteiger partial charge on any atom is 0.224 e. The molecule has 1 aliphatic heterocycles. The van der Waals surface area contributed by atoms with E-state index in [2.05, 4.69) is 5.32 Å². The molecular weight excluding hydrogens is 264 g/mol. The van der Waals surface area contributed by atoms with E-state index in [4.69, 9.17) is 0 Å². The quantitative estimate of drug-likeness (QED) is 0.932. The molecule has 1 fully saturated rings. The molecule has 0 aliphatic carbocycles. The molecule has 2 amide bonds. The number of nitrogens with zero attached hydrogens (tertiary/aromatic N) is 1. The lowest BCUT2D eigenvalue weighted by Gasteiger charge is -2.13. The minimum Gasteiger partial charge on any atom is -0.351 e. The summed E-state index contributed by atoms with van der Waals surface area (Å²) < 4.78 is 0. The molecule has 1 aliphatic rings. The highest BCUT2D eigenvalue weighted by molar-refractivity contribution is 5.90. The van der Waals surface area contributed by atoms with E-state index >= 15 is 0 Å². The summed E-state index contributed by atoms with van der Waals surface area (Å²) in [5.74, 6) is 0.0601. The number of likely N-dealkylation sites (N-methyl/N-ethyl adjacent to an activating group) is 1. The van der Waals surface area contributed by atoms with Crippen LogP contribution < -0.4 is 5.32 Å². The summed E-state index contributed by atoms with van der Waals surface area (Å²) in [6, 6.07) is 14.0. The number of hydrogen-bond acceptors (Lipinski definition) is 2. The molecule has 0 spiro atoms. The average molecular weight is 282 g/mol. The second-order valence-corrected chi connectivity index (χ2v) is 5.56. The molecule has 2 aromatic rings. The molecule has 2 aromatic carbocycles. The maximum absolute atomic E-state index is 12.2. The van der Waals surface area contributed by atoms with Gasteiger partial charge < -0.3 is 10.2 Å². The highest BCUT2D eigenvalue weighted by atomic mass is 16.2. The van der Waals surface area contributed by atoms with E-state index in [0.29, 0.717) is 19.4 Å². The Morgan fingerprint density at radius 1 is 1.24 bits per heavy atom. The van der Waals surface area contributed by atoms with Crippen LogP contribution in [-0.2, 0) is 16.0 Å². The lowest BCUT2D eigenvalue weighted by atomic mass is 10.0. The van der Waals surface area contributed by atoms with Gasteiger partial charge in [0.05, 0.1) is 12.5 Å². The van der Waals surface area contributed by atoms with E-state index in [1.165, 1.54) is 0 Å². The summed E-state index contributed by atoms with van der Waals surface area (Å²) >= 11 is 0. The van der Waals surface area contributed by atoms with Gasteiger partial charge in [-0.15, -0.1) is 0 Å². The highest BCUT2D eigenvalue weighted by Gasteiger charge is 2.27. The van der Waals surface area contributed by atoms with Gasteiger partial charge in [0.15, 0.2) is 0 Å². The fourth-order valence-corrected chi connectivity index (χ4v) is 2.86. The Hall–Kier alpha value is -2.36. The number of likely N-dealkylation sites (tertiary alicyclic amines) is 1. The van der Waals surface area contributed by atoms with Gasteiger partial charge in [-0.2, -0.15) is 0 Å². The first-order valence-corrected chi connectivity index (χ1v) is 7.13. The molecule has 1 atom stereocenters. The van der Waals surface area contributed by atoms with Crippen LogP contribution in [0.15, 0.2) is 42.5 Å². The van der Waals surface area contributed by atoms with Crippen molar-refractivity contribution in [2.45, 2.75) is 18.9 Å². The number of nitrogens with one attached hydrogen (secondary N) is 1. The van der Waals surface area contributed by atoms with Crippen molar-refractivity contribution < 1.29 is 9.59 Å². The maximum atomic E-state index is 12.2. The van der Waals surface area contributed by atoms with Crippen LogP contribution in [-0.4, -0.2) is 36.3 Å². The van der Waals surface area contributed by atoms with Gasteiger partial charge in [0.1, 0.15) is 0 Å². The molecule has 0 unspecified atom stereocenters. The summed E-state index contributed by atoms with van der Waals surface area (Å²) in [6.07, 6.45) is 0.744. The summed E-state index contributed by atoms with van der Waals surface area (Å²) in [6.45, 7) is 0.597. The number of fused-ring (bicyclic) bond motifs is 1. The minimum absolute atomic E-state index is 0.0283. The fourth-order valence-electron chi connectivity index (χ4n) is 2.86. The molecule has 0 aromatic heterocycles. The molecule has 0 saturated carbocycles. The van der Waals surface area contributed by atoms with Gasteiger partial charge in [-0.25, -0.2) is 0 Å². The zero-order valence-corrected chi connectivity index (χ0v) is 12.0. The lowest BCUT2D eigenvalue weighted by Crippen LogP contribution is -2.37. The third-order valence-electron chi connectivity index (χ3n) is 3.94. The van der Waals surface area contributed by atoms with Crippen molar-refractivity contribution in [3.05, 3.63) is 48.0 Å².